The summed E-state index contributed by atoms with van der Waals surface area (Å²) in [6, 6.07) is 7.78. The summed E-state index contributed by atoms with van der Waals surface area (Å²) in [5.41, 5.74) is 1.12. The summed E-state index contributed by atoms with van der Waals surface area (Å²) in [5, 5.41) is 6.10. The molecule has 0 radical (unpaired) electrons. The topological polar surface area (TPSA) is 50.4 Å². The molecule has 4 heteroatoms. The van der Waals surface area contributed by atoms with Crippen molar-refractivity contribution in [1.29, 1.82) is 0 Å². The molecule has 0 aliphatic carbocycles. The van der Waals surface area contributed by atoms with Crippen LogP contribution in [0, 0.1) is 0 Å². The third-order valence-corrected chi connectivity index (χ3v) is 2.93. The molecule has 20 heavy (non-hydrogen) atoms. The molecule has 1 unspecified atom stereocenters. The van der Waals surface area contributed by atoms with Crippen molar-refractivity contribution in [2.75, 3.05) is 13.2 Å². The van der Waals surface area contributed by atoms with Crippen molar-refractivity contribution in [2.24, 2.45) is 0 Å². The van der Waals surface area contributed by atoms with Gasteiger partial charge in [-0.1, -0.05) is 26.0 Å². The quantitative estimate of drug-likeness (QED) is 0.729. The van der Waals surface area contributed by atoms with Crippen molar-refractivity contribution in [2.45, 2.75) is 46.2 Å². The highest BCUT2D eigenvalue weighted by Gasteiger charge is 2.10. The first-order valence-corrected chi connectivity index (χ1v) is 7.40. The average Bonchev–Trinajstić information content (AvgIpc) is 2.48. The molecule has 0 saturated carbocycles. The predicted molar refractivity (Wildman–Crippen MR) is 81.8 cm³/mol. The van der Waals surface area contributed by atoms with E-state index < -0.39 is 0 Å². The smallest absolute Gasteiger partial charge is 0.236 e. The number of hydrogen-bond acceptors (Lipinski definition) is 3. The van der Waals surface area contributed by atoms with Crippen LogP contribution in [0.5, 0.6) is 5.75 Å². The lowest BCUT2D eigenvalue weighted by Gasteiger charge is -2.14. The van der Waals surface area contributed by atoms with Gasteiger partial charge in [0.05, 0.1) is 12.6 Å². The third-order valence-electron chi connectivity index (χ3n) is 2.93. The molecule has 4 nitrogen and oxygen atoms in total. The Labute approximate surface area is 121 Å². The van der Waals surface area contributed by atoms with Crippen molar-refractivity contribution in [1.82, 2.24) is 10.6 Å². The Morgan fingerprint density at radius 1 is 1.30 bits per heavy atom. The molecule has 1 rings (SSSR count). The zero-order valence-electron chi connectivity index (χ0n) is 12.7. The van der Waals surface area contributed by atoms with Crippen LogP contribution in [0.4, 0.5) is 0 Å². The van der Waals surface area contributed by atoms with Crippen molar-refractivity contribution in [3.8, 4) is 5.75 Å². The summed E-state index contributed by atoms with van der Waals surface area (Å²) in [4.78, 5) is 11.7. The lowest BCUT2D eigenvalue weighted by Crippen LogP contribution is -2.42. The minimum Gasteiger partial charge on any atom is -0.494 e. The summed E-state index contributed by atoms with van der Waals surface area (Å²) in [5.74, 6) is 0.930. The van der Waals surface area contributed by atoms with E-state index in [0.717, 1.165) is 37.3 Å². The predicted octanol–water partition coefficient (Wildman–Crippen LogP) is 2.48. The number of rotatable bonds is 9. The summed E-state index contributed by atoms with van der Waals surface area (Å²) in [6.45, 7) is 8.12. The maximum Gasteiger partial charge on any atom is 0.236 e. The van der Waals surface area contributed by atoms with Crippen LogP contribution in [0.15, 0.2) is 24.3 Å². The van der Waals surface area contributed by atoms with Crippen molar-refractivity contribution in [3.63, 3.8) is 0 Å². The van der Waals surface area contributed by atoms with Crippen LogP contribution in [0.1, 0.15) is 39.2 Å². The number of benzene rings is 1. The molecule has 0 aliphatic heterocycles. The Morgan fingerprint density at radius 2 is 2.10 bits per heavy atom. The second kappa shape index (κ2) is 9.37. The number of ether oxygens (including phenoxy) is 1. The fourth-order valence-electron chi connectivity index (χ4n) is 1.73. The van der Waals surface area contributed by atoms with Crippen LogP contribution in [-0.2, 0) is 11.3 Å². The van der Waals surface area contributed by atoms with E-state index in [4.69, 9.17) is 4.74 Å². The van der Waals surface area contributed by atoms with Gasteiger partial charge in [-0.15, -0.1) is 0 Å². The summed E-state index contributed by atoms with van der Waals surface area (Å²) in [7, 11) is 0. The zero-order valence-corrected chi connectivity index (χ0v) is 12.7. The second-order valence-corrected chi connectivity index (χ2v) is 4.89. The molecule has 1 aromatic carbocycles. The zero-order chi connectivity index (χ0) is 14.8. The van der Waals surface area contributed by atoms with Crippen LogP contribution in [0.2, 0.25) is 0 Å². The average molecular weight is 278 g/mol. The lowest BCUT2D eigenvalue weighted by molar-refractivity contribution is -0.122. The minimum absolute atomic E-state index is 0.0465. The van der Waals surface area contributed by atoms with Gasteiger partial charge in [0.1, 0.15) is 5.75 Å². The first-order chi connectivity index (χ1) is 9.67. The molecular formula is C16H26N2O2. The molecule has 0 fully saturated rings. The highest BCUT2D eigenvalue weighted by molar-refractivity contribution is 5.81. The van der Waals surface area contributed by atoms with E-state index in [2.05, 4.69) is 17.6 Å². The Balaban J connectivity index is 2.42. The maximum atomic E-state index is 11.7. The van der Waals surface area contributed by atoms with Gasteiger partial charge in [-0.05, 0) is 37.5 Å². The molecule has 112 valence electrons. The summed E-state index contributed by atoms with van der Waals surface area (Å²) in [6.07, 6.45) is 1.95. The molecular weight excluding hydrogens is 252 g/mol. The van der Waals surface area contributed by atoms with Crippen LogP contribution in [0.25, 0.3) is 0 Å². The molecule has 2 N–H and O–H groups in total. The fraction of sp³-hybridized carbons (Fsp3) is 0.562. The number of nitrogens with one attached hydrogen (secondary N) is 2. The maximum absolute atomic E-state index is 11.7. The van der Waals surface area contributed by atoms with Gasteiger partial charge in [0.25, 0.3) is 0 Å². The number of carbonyl (C=O) groups excluding carboxylic acids is 1. The molecule has 0 spiro atoms. The van der Waals surface area contributed by atoms with Crippen LogP contribution in [0.3, 0.4) is 0 Å². The number of amides is 1. The molecule has 1 amide bonds. The first kappa shape index (κ1) is 16.5. The SMILES string of the molecule is CCCNC(=O)C(C)NCc1cccc(OCCC)c1. The molecule has 0 heterocycles. The fourth-order valence-corrected chi connectivity index (χ4v) is 1.73. The van der Waals surface area contributed by atoms with Gasteiger partial charge in [-0.3, -0.25) is 4.79 Å². The van der Waals surface area contributed by atoms with E-state index >= 15 is 0 Å². The van der Waals surface area contributed by atoms with Crippen LogP contribution >= 0.6 is 0 Å². The minimum atomic E-state index is -0.193. The van der Waals surface area contributed by atoms with Gasteiger partial charge in [0, 0.05) is 13.1 Å². The first-order valence-electron chi connectivity index (χ1n) is 7.40. The van der Waals surface area contributed by atoms with Crippen molar-refractivity contribution in [3.05, 3.63) is 29.8 Å². The third kappa shape index (κ3) is 6.06. The number of hydrogen-bond donors (Lipinski definition) is 2. The van der Waals surface area contributed by atoms with E-state index in [9.17, 15) is 4.79 Å². The standard InChI is InChI=1S/C16H26N2O2/c1-4-9-17-16(19)13(3)18-12-14-7-6-8-15(11-14)20-10-5-2/h6-8,11,13,18H,4-5,9-10,12H2,1-3H3,(H,17,19). The molecule has 0 bridgehead atoms. The Bertz CT molecular complexity index is 407. The van der Waals surface area contributed by atoms with E-state index in [-0.39, 0.29) is 11.9 Å². The van der Waals surface area contributed by atoms with E-state index in [1.54, 1.807) is 0 Å². The van der Waals surface area contributed by atoms with E-state index in [0.29, 0.717) is 6.54 Å². The molecule has 0 aromatic heterocycles. The van der Waals surface area contributed by atoms with Crippen LogP contribution in [-0.4, -0.2) is 25.1 Å². The Hall–Kier alpha value is -1.55. The van der Waals surface area contributed by atoms with E-state index in [1.807, 2.05) is 38.1 Å². The normalized spacial score (nSPS) is 11.9. The van der Waals surface area contributed by atoms with Gasteiger partial charge < -0.3 is 15.4 Å². The van der Waals surface area contributed by atoms with Crippen molar-refractivity contribution >= 4 is 5.91 Å². The van der Waals surface area contributed by atoms with Gasteiger partial charge in [-0.25, -0.2) is 0 Å². The van der Waals surface area contributed by atoms with Gasteiger partial charge in [-0.2, -0.15) is 0 Å². The molecule has 0 saturated heterocycles. The number of carbonyl (C=O) groups is 1. The van der Waals surface area contributed by atoms with Gasteiger partial charge in [0.2, 0.25) is 5.91 Å². The highest BCUT2D eigenvalue weighted by Crippen LogP contribution is 2.13. The summed E-state index contributed by atoms with van der Waals surface area (Å²) >= 11 is 0. The van der Waals surface area contributed by atoms with Gasteiger partial charge >= 0.3 is 0 Å². The Kier molecular flexibility index (Phi) is 7.73. The van der Waals surface area contributed by atoms with E-state index in [1.165, 1.54) is 0 Å². The highest BCUT2D eigenvalue weighted by atomic mass is 16.5. The Morgan fingerprint density at radius 3 is 2.80 bits per heavy atom. The summed E-state index contributed by atoms with van der Waals surface area (Å²) < 4.78 is 5.60. The molecule has 1 atom stereocenters. The van der Waals surface area contributed by atoms with Crippen LogP contribution < -0.4 is 15.4 Å². The largest absolute Gasteiger partial charge is 0.494 e. The molecule has 0 aliphatic rings. The lowest BCUT2D eigenvalue weighted by atomic mass is 10.2. The monoisotopic (exact) mass is 278 g/mol. The van der Waals surface area contributed by atoms with Gasteiger partial charge in [0.15, 0.2) is 0 Å². The molecule has 1 aromatic rings. The van der Waals surface area contributed by atoms with Crippen molar-refractivity contribution < 1.29 is 9.53 Å². The second-order valence-electron chi connectivity index (χ2n) is 4.89.